The predicted octanol–water partition coefficient (Wildman–Crippen LogP) is 2.84. The zero-order valence-electron chi connectivity index (χ0n) is 11.5. The van der Waals surface area contributed by atoms with E-state index in [1.165, 1.54) is 6.92 Å². The van der Waals surface area contributed by atoms with Crippen LogP contribution in [0, 0.1) is 18.7 Å². The normalized spacial score (nSPS) is 13.1. The molecule has 0 aliphatic carbocycles. The molecule has 7 heteroatoms. The predicted molar refractivity (Wildman–Crippen MR) is 76.0 cm³/mol. The van der Waals surface area contributed by atoms with Crippen LogP contribution in [-0.4, -0.2) is 20.9 Å². The molecule has 4 nitrogen and oxygen atoms in total. The lowest BCUT2D eigenvalue weighted by molar-refractivity contribution is 0.0947. The van der Waals surface area contributed by atoms with Gasteiger partial charge in [0.25, 0.3) is 15.0 Å². The number of amides is 1. The Bertz CT molecular complexity index is 616. The fourth-order valence-corrected chi connectivity index (χ4v) is 2.76. The van der Waals surface area contributed by atoms with E-state index in [0.29, 0.717) is 6.54 Å². The monoisotopic (exact) mass is 321 g/mol. The number of carbonyl (C=O) groups is 1. The summed E-state index contributed by atoms with van der Waals surface area (Å²) >= 11 is 0. The third-order valence-corrected chi connectivity index (χ3v) is 4.58. The van der Waals surface area contributed by atoms with E-state index in [2.05, 4.69) is 5.32 Å². The molecule has 0 spiro atoms. The Labute approximate surface area is 122 Å². The highest BCUT2D eigenvalue weighted by Crippen LogP contribution is 2.23. The summed E-state index contributed by atoms with van der Waals surface area (Å²) in [5.41, 5.74) is -0.158. The number of carbonyl (C=O) groups excluding carboxylic acids is 1. The van der Waals surface area contributed by atoms with Crippen molar-refractivity contribution < 1.29 is 17.6 Å². The lowest BCUT2D eigenvalue weighted by Crippen LogP contribution is -2.28. The van der Waals surface area contributed by atoms with Gasteiger partial charge in [-0.05, 0) is 25.0 Å². The molecule has 1 aromatic rings. The lowest BCUT2D eigenvalue weighted by atomic mass is 10.1. The molecule has 1 atom stereocenters. The Morgan fingerprint density at radius 2 is 2.05 bits per heavy atom. The third kappa shape index (κ3) is 4.18. The molecule has 0 aliphatic rings. The molecule has 1 rings (SSSR count). The van der Waals surface area contributed by atoms with Crippen LogP contribution in [0.1, 0.15) is 36.2 Å². The minimum atomic E-state index is -4.10. The van der Waals surface area contributed by atoms with Crippen molar-refractivity contribution in [3.8, 4) is 0 Å². The number of hydrogen-bond donors (Lipinski definition) is 1. The number of rotatable bonds is 5. The van der Waals surface area contributed by atoms with Crippen LogP contribution >= 0.6 is 10.7 Å². The van der Waals surface area contributed by atoms with Gasteiger partial charge in [-0.2, -0.15) is 0 Å². The molecule has 112 valence electrons. The average molecular weight is 322 g/mol. The molecule has 0 fully saturated rings. The number of hydrogen-bond acceptors (Lipinski definition) is 3. The Morgan fingerprint density at radius 3 is 2.55 bits per heavy atom. The van der Waals surface area contributed by atoms with Gasteiger partial charge in [-0.1, -0.05) is 20.3 Å². The minimum absolute atomic E-state index is 0.0596. The van der Waals surface area contributed by atoms with Gasteiger partial charge in [0.05, 0.1) is 4.90 Å². The van der Waals surface area contributed by atoms with Gasteiger partial charge in [-0.3, -0.25) is 4.79 Å². The summed E-state index contributed by atoms with van der Waals surface area (Å²) in [6.45, 7) is 5.68. The first-order valence-corrected chi connectivity index (χ1v) is 8.50. The topological polar surface area (TPSA) is 63.2 Å². The molecule has 0 aliphatic heterocycles. The van der Waals surface area contributed by atoms with Crippen molar-refractivity contribution in [3.63, 3.8) is 0 Å². The van der Waals surface area contributed by atoms with Crippen LogP contribution in [0.4, 0.5) is 4.39 Å². The van der Waals surface area contributed by atoms with Crippen LogP contribution in [0.5, 0.6) is 0 Å². The fraction of sp³-hybridized carbons (Fsp3) is 0.462. The molecular formula is C13H17ClFNO3S. The van der Waals surface area contributed by atoms with Crippen molar-refractivity contribution >= 4 is 25.6 Å². The van der Waals surface area contributed by atoms with Gasteiger partial charge in [0, 0.05) is 28.4 Å². The van der Waals surface area contributed by atoms with Crippen LogP contribution in [0.2, 0.25) is 0 Å². The molecule has 0 aromatic heterocycles. The van der Waals surface area contributed by atoms with E-state index < -0.39 is 20.8 Å². The van der Waals surface area contributed by atoms with E-state index in [9.17, 15) is 17.6 Å². The number of halogens is 2. The van der Waals surface area contributed by atoms with Gasteiger partial charge in [-0.25, -0.2) is 12.8 Å². The fourth-order valence-electron chi connectivity index (χ4n) is 1.55. The van der Waals surface area contributed by atoms with Gasteiger partial charge < -0.3 is 5.32 Å². The molecule has 0 saturated heterocycles. The van der Waals surface area contributed by atoms with E-state index in [-0.39, 0.29) is 21.9 Å². The van der Waals surface area contributed by atoms with Crippen molar-refractivity contribution in [3.05, 3.63) is 29.1 Å². The van der Waals surface area contributed by atoms with Gasteiger partial charge in [-0.15, -0.1) is 0 Å². The van der Waals surface area contributed by atoms with Crippen molar-refractivity contribution in [2.45, 2.75) is 32.1 Å². The summed E-state index contributed by atoms with van der Waals surface area (Å²) in [7, 11) is 1.14. The maximum absolute atomic E-state index is 13.7. The van der Waals surface area contributed by atoms with E-state index >= 15 is 0 Å². The van der Waals surface area contributed by atoms with Crippen molar-refractivity contribution in [2.75, 3.05) is 6.54 Å². The van der Waals surface area contributed by atoms with Gasteiger partial charge in [0.15, 0.2) is 0 Å². The summed E-state index contributed by atoms with van der Waals surface area (Å²) in [4.78, 5) is 11.5. The van der Waals surface area contributed by atoms with E-state index in [4.69, 9.17) is 10.7 Å². The Morgan fingerprint density at radius 1 is 1.45 bits per heavy atom. The summed E-state index contributed by atoms with van der Waals surface area (Å²) < 4.78 is 36.4. The number of nitrogens with one attached hydrogen (secondary N) is 1. The first-order valence-electron chi connectivity index (χ1n) is 6.19. The second-order valence-electron chi connectivity index (χ2n) is 4.74. The van der Waals surface area contributed by atoms with Crippen LogP contribution < -0.4 is 5.32 Å². The van der Waals surface area contributed by atoms with Crippen molar-refractivity contribution in [1.29, 1.82) is 0 Å². The minimum Gasteiger partial charge on any atom is -0.352 e. The Hall–Kier alpha value is -1.14. The van der Waals surface area contributed by atoms with E-state index in [1.807, 2.05) is 13.8 Å². The van der Waals surface area contributed by atoms with Crippen LogP contribution in [0.25, 0.3) is 0 Å². The second kappa shape index (κ2) is 6.54. The van der Waals surface area contributed by atoms with E-state index in [1.54, 1.807) is 0 Å². The molecule has 20 heavy (non-hydrogen) atoms. The summed E-state index contributed by atoms with van der Waals surface area (Å²) in [5, 5.41) is 2.63. The quantitative estimate of drug-likeness (QED) is 0.848. The number of benzene rings is 1. The molecule has 0 saturated carbocycles. The second-order valence-corrected chi connectivity index (χ2v) is 7.28. The maximum Gasteiger partial charge on any atom is 0.261 e. The standard InChI is InChI=1S/C13H17ClFNO3S/c1-4-8(2)7-16-13(17)10-5-11(15)9(3)12(6-10)20(14,18)19/h5-6,8H,4,7H2,1-3H3,(H,16,17). The summed E-state index contributed by atoms with van der Waals surface area (Å²) in [6.07, 6.45) is 0.893. The maximum atomic E-state index is 13.7. The van der Waals surface area contributed by atoms with Crippen LogP contribution in [0.3, 0.4) is 0 Å². The third-order valence-electron chi connectivity index (χ3n) is 3.13. The highest BCUT2D eigenvalue weighted by Gasteiger charge is 2.20. The molecule has 1 unspecified atom stereocenters. The van der Waals surface area contributed by atoms with Crippen molar-refractivity contribution in [2.24, 2.45) is 5.92 Å². The summed E-state index contributed by atoms with van der Waals surface area (Å²) in [5.74, 6) is -1.02. The molecule has 0 heterocycles. The van der Waals surface area contributed by atoms with Gasteiger partial charge >= 0.3 is 0 Å². The first-order chi connectivity index (χ1) is 9.16. The average Bonchev–Trinajstić information content (AvgIpc) is 2.36. The van der Waals surface area contributed by atoms with Crippen LogP contribution in [-0.2, 0) is 9.05 Å². The molecule has 1 amide bonds. The first kappa shape index (κ1) is 16.9. The Balaban J connectivity index is 3.09. The van der Waals surface area contributed by atoms with E-state index in [0.717, 1.165) is 18.6 Å². The molecule has 1 N–H and O–H groups in total. The highest BCUT2D eigenvalue weighted by atomic mass is 35.7. The largest absolute Gasteiger partial charge is 0.352 e. The molecular weight excluding hydrogens is 305 g/mol. The molecule has 1 aromatic carbocycles. The summed E-state index contributed by atoms with van der Waals surface area (Å²) in [6, 6.07) is 2.10. The van der Waals surface area contributed by atoms with Gasteiger partial charge in [0.1, 0.15) is 5.82 Å². The highest BCUT2D eigenvalue weighted by molar-refractivity contribution is 8.13. The smallest absolute Gasteiger partial charge is 0.261 e. The van der Waals surface area contributed by atoms with Gasteiger partial charge in [0.2, 0.25) is 0 Å². The zero-order valence-corrected chi connectivity index (χ0v) is 13.1. The lowest BCUT2D eigenvalue weighted by Gasteiger charge is -2.11. The van der Waals surface area contributed by atoms with Crippen molar-refractivity contribution in [1.82, 2.24) is 5.32 Å². The molecule has 0 bridgehead atoms. The Kier molecular flexibility index (Phi) is 5.53. The van der Waals surface area contributed by atoms with Crippen LogP contribution in [0.15, 0.2) is 17.0 Å². The zero-order chi connectivity index (χ0) is 15.5. The SMILES string of the molecule is CCC(C)CNC(=O)c1cc(F)c(C)c(S(=O)(=O)Cl)c1. The molecule has 0 radical (unpaired) electrons.